The third kappa shape index (κ3) is 7.15. The van der Waals surface area contributed by atoms with E-state index in [-0.39, 0.29) is 17.9 Å². The number of carbonyl (C=O) groups excluding carboxylic acids is 3. The number of rotatable bonds is 7. The molecule has 3 rings (SSSR count). The van der Waals surface area contributed by atoms with Crippen molar-refractivity contribution in [2.24, 2.45) is 5.10 Å². The van der Waals surface area contributed by atoms with Crippen LogP contribution in [0.4, 0.5) is 5.69 Å². The molecule has 3 aromatic rings. The number of amides is 2. The first-order valence-electron chi connectivity index (χ1n) is 10.2. The van der Waals surface area contributed by atoms with Crippen LogP contribution in [-0.2, 0) is 16.0 Å². The Bertz CT molecular complexity index is 1300. The molecule has 0 radical (unpaired) electrons. The Morgan fingerprint density at radius 3 is 2.37 bits per heavy atom. The second-order valence-corrected chi connectivity index (χ2v) is 7.43. The highest BCUT2D eigenvalue weighted by atomic mass is 35.5. The molecule has 0 aliphatic heterocycles. The highest BCUT2D eigenvalue weighted by Gasteiger charge is 2.14. The van der Waals surface area contributed by atoms with Crippen molar-refractivity contribution in [2.45, 2.75) is 6.42 Å². The van der Waals surface area contributed by atoms with E-state index in [4.69, 9.17) is 26.3 Å². The van der Waals surface area contributed by atoms with Gasteiger partial charge in [0.2, 0.25) is 0 Å². The summed E-state index contributed by atoms with van der Waals surface area (Å²) in [4.78, 5) is 36.3. The van der Waals surface area contributed by atoms with E-state index in [9.17, 15) is 14.4 Å². The molecule has 176 valence electrons. The summed E-state index contributed by atoms with van der Waals surface area (Å²) < 4.78 is 10.6. The van der Waals surface area contributed by atoms with Crippen LogP contribution in [0, 0.1) is 11.3 Å². The zero-order chi connectivity index (χ0) is 25.2. The van der Waals surface area contributed by atoms with Crippen molar-refractivity contribution in [3.8, 4) is 17.6 Å². The molecule has 0 aromatic heterocycles. The number of hydrazone groups is 1. The summed E-state index contributed by atoms with van der Waals surface area (Å²) in [6.07, 6.45) is 1.55. The summed E-state index contributed by atoms with van der Waals surface area (Å²) in [7, 11) is 1.41. The minimum atomic E-state index is -0.970. The molecule has 0 saturated heterocycles. The average molecular weight is 491 g/mol. The molecule has 0 atom stereocenters. The van der Waals surface area contributed by atoms with Crippen molar-refractivity contribution in [1.82, 2.24) is 5.43 Å². The summed E-state index contributed by atoms with van der Waals surface area (Å²) in [6, 6.07) is 19.5. The van der Waals surface area contributed by atoms with E-state index in [0.717, 1.165) is 5.56 Å². The molecule has 0 spiro atoms. The normalized spacial score (nSPS) is 10.3. The minimum absolute atomic E-state index is 0.189. The van der Waals surface area contributed by atoms with Gasteiger partial charge in [0.15, 0.2) is 11.5 Å². The van der Waals surface area contributed by atoms with Crippen LogP contribution in [0.2, 0.25) is 5.02 Å². The number of esters is 1. The number of benzene rings is 3. The average Bonchev–Trinajstić information content (AvgIpc) is 2.86. The van der Waals surface area contributed by atoms with Crippen LogP contribution in [0.15, 0.2) is 71.8 Å². The molecule has 0 fully saturated rings. The zero-order valence-electron chi connectivity index (χ0n) is 18.4. The molecule has 0 saturated carbocycles. The second-order valence-electron chi connectivity index (χ2n) is 6.99. The van der Waals surface area contributed by atoms with Gasteiger partial charge in [-0.2, -0.15) is 10.4 Å². The predicted octanol–water partition coefficient (Wildman–Crippen LogP) is 3.72. The van der Waals surface area contributed by atoms with Gasteiger partial charge < -0.3 is 14.8 Å². The first kappa shape index (κ1) is 25.0. The van der Waals surface area contributed by atoms with Crippen molar-refractivity contribution in [3.63, 3.8) is 0 Å². The Labute approximate surface area is 205 Å². The fourth-order valence-electron chi connectivity index (χ4n) is 2.79. The van der Waals surface area contributed by atoms with Crippen LogP contribution < -0.4 is 20.2 Å². The van der Waals surface area contributed by atoms with Gasteiger partial charge in [0.1, 0.15) is 0 Å². The number of nitrogens with zero attached hydrogens (tertiary/aromatic N) is 2. The zero-order valence-corrected chi connectivity index (χ0v) is 19.2. The summed E-state index contributed by atoms with van der Waals surface area (Å²) in [5.74, 6) is -2.01. The van der Waals surface area contributed by atoms with E-state index in [0.29, 0.717) is 21.8 Å². The maximum atomic E-state index is 12.3. The van der Waals surface area contributed by atoms with Gasteiger partial charge in [0.05, 0.1) is 31.4 Å². The quantitative estimate of drug-likeness (QED) is 0.171. The molecule has 0 bridgehead atoms. The summed E-state index contributed by atoms with van der Waals surface area (Å²) in [5, 5.41) is 15.4. The third-order valence-corrected chi connectivity index (χ3v) is 4.80. The standard InChI is InChI=1S/C25H19ClN4O5/c1-34-22-14-17(4-11-21(22)35-25(33)18-5-7-19(26)8-6-18)15-28-30-24(32)23(31)29-20-9-2-16(3-10-20)12-13-27/h2-11,14-15H,12H2,1H3,(H,29,31)(H,30,32)/b28-15+. The smallest absolute Gasteiger partial charge is 0.343 e. The lowest BCUT2D eigenvalue weighted by molar-refractivity contribution is -0.136. The van der Waals surface area contributed by atoms with Crippen LogP contribution in [0.1, 0.15) is 21.5 Å². The van der Waals surface area contributed by atoms with Gasteiger partial charge in [0, 0.05) is 10.7 Å². The van der Waals surface area contributed by atoms with Crippen LogP contribution in [0.25, 0.3) is 0 Å². The van der Waals surface area contributed by atoms with Gasteiger partial charge in [-0.25, -0.2) is 10.2 Å². The molecule has 0 aliphatic carbocycles. The highest BCUT2D eigenvalue weighted by Crippen LogP contribution is 2.28. The van der Waals surface area contributed by atoms with Crippen LogP contribution in [0.3, 0.4) is 0 Å². The van der Waals surface area contributed by atoms with E-state index < -0.39 is 17.8 Å². The number of halogens is 1. The maximum absolute atomic E-state index is 12.3. The highest BCUT2D eigenvalue weighted by molar-refractivity contribution is 6.39. The van der Waals surface area contributed by atoms with Crippen LogP contribution in [-0.4, -0.2) is 31.1 Å². The van der Waals surface area contributed by atoms with E-state index in [1.54, 1.807) is 60.7 Å². The molecular weight excluding hydrogens is 472 g/mol. The molecule has 0 unspecified atom stereocenters. The lowest BCUT2D eigenvalue weighted by Crippen LogP contribution is -2.32. The fraction of sp³-hybridized carbons (Fsp3) is 0.0800. The number of methoxy groups -OCH3 is 1. The molecular formula is C25H19ClN4O5. The SMILES string of the molecule is COc1cc(/C=N/NC(=O)C(=O)Nc2ccc(CC#N)cc2)ccc1OC(=O)c1ccc(Cl)cc1. The molecule has 0 heterocycles. The molecule has 35 heavy (non-hydrogen) atoms. The fourth-order valence-corrected chi connectivity index (χ4v) is 2.92. The van der Waals surface area contributed by atoms with Gasteiger partial charge in [-0.05, 0) is 65.7 Å². The van der Waals surface area contributed by atoms with E-state index in [1.165, 1.54) is 19.4 Å². The Hall–Kier alpha value is -4.68. The van der Waals surface area contributed by atoms with Crippen LogP contribution >= 0.6 is 11.6 Å². The number of nitriles is 1. The van der Waals surface area contributed by atoms with Crippen molar-refractivity contribution in [1.29, 1.82) is 5.26 Å². The first-order valence-corrected chi connectivity index (χ1v) is 10.5. The Morgan fingerprint density at radius 2 is 1.71 bits per heavy atom. The van der Waals surface area contributed by atoms with Gasteiger partial charge in [-0.1, -0.05) is 23.7 Å². The number of carbonyl (C=O) groups is 3. The number of anilines is 1. The first-order chi connectivity index (χ1) is 16.9. The predicted molar refractivity (Wildman–Crippen MR) is 130 cm³/mol. The third-order valence-electron chi connectivity index (χ3n) is 4.55. The minimum Gasteiger partial charge on any atom is -0.493 e. The summed E-state index contributed by atoms with van der Waals surface area (Å²) >= 11 is 5.83. The van der Waals surface area contributed by atoms with Gasteiger partial charge in [-0.15, -0.1) is 0 Å². The largest absolute Gasteiger partial charge is 0.493 e. The summed E-state index contributed by atoms with van der Waals surface area (Å²) in [6.45, 7) is 0. The monoisotopic (exact) mass is 490 g/mol. The molecule has 2 N–H and O–H groups in total. The summed E-state index contributed by atoms with van der Waals surface area (Å²) in [5.41, 5.74) is 4.17. The van der Waals surface area contributed by atoms with Crippen molar-refractivity contribution < 1.29 is 23.9 Å². The topological polar surface area (TPSA) is 130 Å². The van der Waals surface area contributed by atoms with Gasteiger partial charge in [-0.3, -0.25) is 9.59 Å². The van der Waals surface area contributed by atoms with Crippen molar-refractivity contribution in [2.75, 3.05) is 12.4 Å². The lowest BCUT2D eigenvalue weighted by atomic mass is 10.1. The Kier molecular flexibility index (Phi) is 8.53. The van der Waals surface area contributed by atoms with E-state index in [1.807, 2.05) is 6.07 Å². The van der Waals surface area contributed by atoms with Gasteiger partial charge >= 0.3 is 17.8 Å². The van der Waals surface area contributed by atoms with Crippen LogP contribution in [0.5, 0.6) is 11.5 Å². The number of ether oxygens (including phenoxy) is 2. The molecule has 2 amide bonds. The molecule has 3 aromatic carbocycles. The van der Waals surface area contributed by atoms with E-state index >= 15 is 0 Å². The number of hydrogen-bond donors (Lipinski definition) is 2. The Balaban J connectivity index is 1.57. The molecule has 10 heteroatoms. The van der Waals surface area contributed by atoms with Crippen molar-refractivity contribution in [3.05, 3.63) is 88.4 Å². The second kappa shape index (κ2) is 12.0. The molecule has 9 nitrogen and oxygen atoms in total. The number of nitrogens with one attached hydrogen (secondary N) is 2. The number of hydrogen-bond acceptors (Lipinski definition) is 7. The molecule has 0 aliphatic rings. The maximum Gasteiger partial charge on any atom is 0.343 e. The Morgan fingerprint density at radius 1 is 1.00 bits per heavy atom. The van der Waals surface area contributed by atoms with Gasteiger partial charge in [0.25, 0.3) is 0 Å². The van der Waals surface area contributed by atoms with E-state index in [2.05, 4.69) is 15.8 Å². The van der Waals surface area contributed by atoms with Crippen molar-refractivity contribution >= 4 is 41.3 Å². The lowest BCUT2D eigenvalue weighted by Gasteiger charge is -2.10.